The lowest BCUT2D eigenvalue weighted by atomic mass is 9.82. The van der Waals surface area contributed by atoms with E-state index in [1.54, 1.807) is 0 Å². The van der Waals surface area contributed by atoms with Gasteiger partial charge in [0.05, 0.1) is 0 Å². The van der Waals surface area contributed by atoms with Gasteiger partial charge in [-0.1, -0.05) is 224 Å². The standard InChI is InChI=1S/C67H42O2/c1-2-14-42(15-3-1)43-28-30-44(31-29-43)45-32-34-47(35-33-45)64(50-19-12-17-48(38-50)58-40-60-55-24-10-11-27-62(55)68-66(60)56-25-8-6-22-53(56)58)51-20-13-18-49(39-51)59-41-61-65-52-21-5-4-16-46(52)36-37-63(65)69-67(61)57-26-9-7-23-54(57)59/h1-41,64H. The Labute approximate surface area is 398 Å². The van der Waals surface area contributed by atoms with Crippen LogP contribution in [0.3, 0.4) is 0 Å². The predicted molar refractivity (Wildman–Crippen MR) is 289 cm³/mol. The van der Waals surface area contributed by atoms with E-state index >= 15 is 0 Å². The van der Waals surface area contributed by atoms with Gasteiger partial charge in [0.15, 0.2) is 0 Å². The molecule has 2 aromatic heterocycles. The van der Waals surface area contributed by atoms with Crippen molar-refractivity contribution in [1.29, 1.82) is 0 Å². The number of hydrogen-bond donors (Lipinski definition) is 0. The third-order valence-electron chi connectivity index (χ3n) is 14.4. The number of benzene rings is 12. The SMILES string of the molecule is c1ccc(-c2ccc(-c3ccc(C(c4cccc(-c5cc6c7ccccc7oc6c6ccccc56)c4)c4cccc(-c5cc6c(oc7ccc8ccccc8c76)c6ccccc56)c4)cc3)cc2)cc1. The molecule has 0 saturated carbocycles. The van der Waals surface area contributed by atoms with E-state index in [0.717, 1.165) is 54.6 Å². The van der Waals surface area contributed by atoms with Crippen LogP contribution in [-0.2, 0) is 0 Å². The van der Waals surface area contributed by atoms with Crippen molar-refractivity contribution in [3.8, 4) is 44.5 Å². The molecule has 0 saturated heterocycles. The van der Waals surface area contributed by atoms with Crippen LogP contribution in [0.15, 0.2) is 258 Å². The fourth-order valence-corrected chi connectivity index (χ4v) is 11.1. The van der Waals surface area contributed by atoms with Gasteiger partial charge in [0, 0.05) is 38.2 Å². The third kappa shape index (κ3) is 6.48. The molecule has 1 unspecified atom stereocenters. The van der Waals surface area contributed by atoms with Crippen molar-refractivity contribution in [3.63, 3.8) is 0 Å². The maximum absolute atomic E-state index is 6.72. The Hall–Kier alpha value is -8.98. The average Bonchev–Trinajstić information content (AvgIpc) is 4.00. The van der Waals surface area contributed by atoms with E-state index in [2.05, 4.69) is 243 Å². The third-order valence-corrected chi connectivity index (χ3v) is 14.4. The van der Waals surface area contributed by atoms with Crippen LogP contribution in [0, 0.1) is 0 Å². The normalized spacial score (nSPS) is 12.3. The first-order valence-corrected chi connectivity index (χ1v) is 23.8. The lowest BCUT2D eigenvalue weighted by molar-refractivity contribution is 0.672. The van der Waals surface area contributed by atoms with Crippen molar-refractivity contribution < 1.29 is 8.83 Å². The highest BCUT2D eigenvalue weighted by atomic mass is 16.3. The van der Waals surface area contributed by atoms with E-state index in [9.17, 15) is 0 Å². The summed E-state index contributed by atoms with van der Waals surface area (Å²) in [7, 11) is 0. The maximum atomic E-state index is 6.72. The fraction of sp³-hybridized carbons (Fsp3) is 0.0149. The monoisotopic (exact) mass is 878 g/mol. The second-order valence-corrected chi connectivity index (χ2v) is 18.3. The van der Waals surface area contributed by atoms with E-state index in [4.69, 9.17) is 8.83 Å². The summed E-state index contributed by atoms with van der Waals surface area (Å²) < 4.78 is 13.2. The van der Waals surface area contributed by atoms with Gasteiger partial charge in [0.1, 0.15) is 22.3 Å². The van der Waals surface area contributed by atoms with E-state index in [0.29, 0.717) is 0 Å². The molecule has 2 heteroatoms. The van der Waals surface area contributed by atoms with Crippen molar-refractivity contribution in [1.82, 2.24) is 0 Å². The minimum Gasteiger partial charge on any atom is -0.455 e. The Morgan fingerprint density at radius 1 is 0.246 bits per heavy atom. The summed E-state index contributed by atoms with van der Waals surface area (Å²) in [6.45, 7) is 0. The largest absolute Gasteiger partial charge is 0.455 e. The number of rotatable bonds is 7. The molecule has 0 radical (unpaired) electrons. The fourth-order valence-electron chi connectivity index (χ4n) is 11.1. The predicted octanol–water partition coefficient (Wildman–Crippen LogP) is 18.8. The summed E-state index contributed by atoms with van der Waals surface area (Å²) in [5, 5.41) is 11.5. The molecule has 0 amide bonds. The molecule has 0 aliphatic rings. The first-order valence-electron chi connectivity index (χ1n) is 23.8. The Balaban J connectivity index is 0.943. The topological polar surface area (TPSA) is 26.3 Å². The Morgan fingerprint density at radius 3 is 1.35 bits per heavy atom. The lowest BCUT2D eigenvalue weighted by Gasteiger charge is -2.22. The molecule has 0 aliphatic heterocycles. The number of fused-ring (bicyclic) bond motifs is 12. The summed E-state index contributed by atoms with van der Waals surface area (Å²) in [6.07, 6.45) is 0. The van der Waals surface area contributed by atoms with E-state index in [1.807, 2.05) is 6.07 Å². The molecular formula is C67H42O2. The summed E-state index contributed by atoms with van der Waals surface area (Å²) in [4.78, 5) is 0. The van der Waals surface area contributed by atoms with Gasteiger partial charge in [-0.2, -0.15) is 0 Å². The summed E-state index contributed by atoms with van der Waals surface area (Å²) in [6, 6.07) is 90.5. The van der Waals surface area contributed by atoms with Crippen LogP contribution in [0.5, 0.6) is 0 Å². The number of para-hydroxylation sites is 1. The smallest absolute Gasteiger partial charge is 0.143 e. The van der Waals surface area contributed by atoms with Gasteiger partial charge in [-0.05, 0) is 107 Å². The summed E-state index contributed by atoms with van der Waals surface area (Å²) in [5.74, 6) is -0.0714. The first-order chi connectivity index (χ1) is 34.2. The molecule has 0 bridgehead atoms. The van der Waals surface area contributed by atoms with Crippen molar-refractivity contribution in [2.24, 2.45) is 0 Å². The van der Waals surface area contributed by atoms with Crippen molar-refractivity contribution in [2.75, 3.05) is 0 Å². The minimum absolute atomic E-state index is 0.0714. The minimum atomic E-state index is -0.0714. The molecule has 2 nitrogen and oxygen atoms in total. The summed E-state index contributed by atoms with van der Waals surface area (Å²) >= 11 is 0. The Kier molecular flexibility index (Phi) is 9.00. The zero-order chi connectivity index (χ0) is 45.4. The van der Waals surface area contributed by atoms with Gasteiger partial charge >= 0.3 is 0 Å². The second-order valence-electron chi connectivity index (χ2n) is 18.3. The second kappa shape index (κ2) is 15.8. The Morgan fingerprint density at radius 2 is 0.710 bits per heavy atom. The van der Waals surface area contributed by atoms with Gasteiger partial charge in [0.25, 0.3) is 0 Å². The summed E-state index contributed by atoms with van der Waals surface area (Å²) in [5.41, 5.74) is 16.8. The quantitative estimate of drug-likeness (QED) is 0.149. The Bertz CT molecular complexity index is 4290. The molecule has 0 N–H and O–H groups in total. The van der Waals surface area contributed by atoms with Gasteiger partial charge in [-0.25, -0.2) is 0 Å². The molecule has 69 heavy (non-hydrogen) atoms. The van der Waals surface area contributed by atoms with Crippen LogP contribution >= 0.6 is 0 Å². The van der Waals surface area contributed by atoms with Crippen LogP contribution in [-0.4, -0.2) is 0 Å². The van der Waals surface area contributed by atoms with Crippen molar-refractivity contribution in [2.45, 2.75) is 5.92 Å². The molecule has 14 rings (SSSR count). The molecule has 0 aliphatic carbocycles. The van der Waals surface area contributed by atoms with Crippen LogP contribution in [0.1, 0.15) is 22.6 Å². The van der Waals surface area contributed by atoms with Gasteiger partial charge in [-0.15, -0.1) is 0 Å². The highest BCUT2D eigenvalue weighted by Gasteiger charge is 2.22. The van der Waals surface area contributed by atoms with Crippen molar-refractivity contribution >= 4 is 76.2 Å². The zero-order valence-electron chi connectivity index (χ0n) is 37.6. The molecule has 0 fully saturated rings. The highest BCUT2D eigenvalue weighted by Crippen LogP contribution is 2.45. The van der Waals surface area contributed by atoms with Crippen LogP contribution in [0.4, 0.5) is 0 Å². The van der Waals surface area contributed by atoms with E-state index in [1.165, 1.54) is 82.7 Å². The molecule has 12 aromatic carbocycles. The number of furan rings is 2. The zero-order valence-corrected chi connectivity index (χ0v) is 37.6. The maximum Gasteiger partial charge on any atom is 0.143 e. The van der Waals surface area contributed by atoms with Gasteiger partial charge in [0.2, 0.25) is 0 Å². The highest BCUT2D eigenvalue weighted by molar-refractivity contribution is 6.25. The van der Waals surface area contributed by atoms with Crippen LogP contribution in [0.2, 0.25) is 0 Å². The van der Waals surface area contributed by atoms with Crippen LogP contribution < -0.4 is 0 Å². The van der Waals surface area contributed by atoms with Gasteiger partial charge in [-0.3, -0.25) is 0 Å². The van der Waals surface area contributed by atoms with Crippen molar-refractivity contribution in [3.05, 3.63) is 265 Å². The molecule has 1 atom stereocenters. The lowest BCUT2D eigenvalue weighted by Crippen LogP contribution is -2.04. The van der Waals surface area contributed by atoms with Gasteiger partial charge < -0.3 is 8.83 Å². The molecule has 14 aromatic rings. The molecular weight excluding hydrogens is 837 g/mol. The van der Waals surface area contributed by atoms with E-state index in [-0.39, 0.29) is 5.92 Å². The number of hydrogen-bond acceptors (Lipinski definition) is 2. The molecule has 322 valence electrons. The first kappa shape index (κ1) is 39.2. The molecule has 2 heterocycles. The van der Waals surface area contributed by atoms with Crippen LogP contribution in [0.25, 0.3) is 121 Å². The van der Waals surface area contributed by atoms with E-state index < -0.39 is 0 Å². The molecule has 0 spiro atoms. The average molecular weight is 879 g/mol.